The van der Waals surface area contributed by atoms with Crippen molar-refractivity contribution in [3.8, 4) is 0 Å². The third-order valence-corrected chi connectivity index (χ3v) is 3.70. The molecule has 1 aliphatic rings. The highest BCUT2D eigenvalue weighted by molar-refractivity contribution is 5.41. The van der Waals surface area contributed by atoms with Crippen molar-refractivity contribution >= 4 is 5.69 Å². The zero-order valence-corrected chi connectivity index (χ0v) is 10.6. The lowest BCUT2D eigenvalue weighted by Crippen LogP contribution is -2.40. The first kappa shape index (κ1) is 12.4. The summed E-state index contributed by atoms with van der Waals surface area (Å²) in [4.78, 5) is 2.43. The van der Waals surface area contributed by atoms with Gasteiger partial charge in [0.2, 0.25) is 0 Å². The van der Waals surface area contributed by atoms with E-state index < -0.39 is 0 Å². The van der Waals surface area contributed by atoms with Crippen molar-refractivity contribution in [2.75, 3.05) is 12.3 Å². The Morgan fingerprint density at radius 3 is 2.82 bits per heavy atom. The lowest BCUT2D eigenvalue weighted by molar-refractivity contribution is 0.117. The predicted molar refractivity (Wildman–Crippen MR) is 69.1 cm³/mol. The van der Waals surface area contributed by atoms with E-state index in [4.69, 9.17) is 5.73 Å². The van der Waals surface area contributed by atoms with Crippen molar-refractivity contribution in [3.05, 3.63) is 29.6 Å². The summed E-state index contributed by atoms with van der Waals surface area (Å²) in [5, 5.41) is 0. The third-order valence-electron chi connectivity index (χ3n) is 3.70. The molecule has 1 aliphatic heterocycles. The maximum atomic E-state index is 13.4. The number of nitrogens with zero attached hydrogens (tertiary/aromatic N) is 1. The van der Waals surface area contributed by atoms with Crippen LogP contribution in [0.4, 0.5) is 10.1 Å². The van der Waals surface area contributed by atoms with Crippen molar-refractivity contribution < 1.29 is 4.39 Å². The minimum Gasteiger partial charge on any atom is -0.396 e. The SMILES string of the molecule is CC1CCC(C)N(Cc2ccc(N)c(F)c2)C1. The second kappa shape index (κ2) is 5.05. The minimum atomic E-state index is -0.305. The van der Waals surface area contributed by atoms with Crippen LogP contribution in [0.1, 0.15) is 32.3 Å². The molecular formula is C14H21FN2. The number of benzene rings is 1. The van der Waals surface area contributed by atoms with E-state index in [0.717, 1.165) is 24.6 Å². The number of nitrogen functional groups attached to an aromatic ring is 1. The molecular weight excluding hydrogens is 215 g/mol. The Kier molecular flexibility index (Phi) is 3.67. The number of halogens is 1. The van der Waals surface area contributed by atoms with Gasteiger partial charge < -0.3 is 5.73 Å². The van der Waals surface area contributed by atoms with E-state index in [1.165, 1.54) is 12.8 Å². The molecule has 94 valence electrons. The molecule has 1 saturated heterocycles. The number of anilines is 1. The first-order valence-corrected chi connectivity index (χ1v) is 6.34. The standard InChI is InChI=1S/C14H21FN2/c1-10-3-4-11(2)17(8-10)9-12-5-6-14(16)13(15)7-12/h5-7,10-11H,3-4,8-9,16H2,1-2H3. The van der Waals surface area contributed by atoms with Gasteiger partial charge in [0.1, 0.15) is 5.82 Å². The number of nitrogens with two attached hydrogens (primary N) is 1. The molecule has 0 bridgehead atoms. The van der Waals surface area contributed by atoms with E-state index >= 15 is 0 Å². The van der Waals surface area contributed by atoms with Gasteiger partial charge >= 0.3 is 0 Å². The molecule has 2 rings (SSSR count). The molecule has 0 aliphatic carbocycles. The van der Waals surface area contributed by atoms with Gasteiger partial charge in [-0.2, -0.15) is 0 Å². The third kappa shape index (κ3) is 2.97. The van der Waals surface area contributed by atoms with Crippen LogP contribution in [-0.2, 0) is 6.54 Å². The molecule has 1 aromatic rings. The highest BCUT2D eigenvalue weighted by Gasteiger charge is 2.22. The van der Waals surface area contributed by atoms with Gasteiger partial charge in [-0.3, -0.25) is 4.90 Å². The number of hydrogen-bond acceptors (Lipinski definition) is 2. The first-order chi connectivity index (χ1) is 8.06. The molecule has 1 aromatic carbocycles. The number of rotatable bonds is 2. The van der Waals surface area contributed by atoms with E-state index in [0.29, 0.717) is 6.04 Å². The summed E-state index contributed by atoms with van der Waals surface area (Å²) >= 11 is 0. The quantitative estimate of drug-likeness (QED) is 0.800. The van der Waals surface area contributed by atoms with Crippen LogP contribution in [0.3, 0.4) is 0 Å². The summed E-state index contributed by atoms with van der Waals surface area (Å²) in [6, 6.07) is 5.72. The maximum absolute atomic E-state index is 13.4. The van der Waals surface area contributed by atoms with Crippen LogP contribution in [0.2, 0.25) is 0 Å². The molecule has 2 N–H and O–H groups in total. The Morgan fingerprint density at radius 1 is 1.35 bits per heavy atom. The molecule has 0 saturated carbocycles. The number of likely N-dealkylation sites (tertiary alicyclic amines) is 1. The predicted octanol–water partition coefficient (Wildman–Crippen LogP) is 3.03. The smallest absolute Gasteiger partial charge is 0.146 e. The Hall–Kier alpha value is -1.09. The second-order valence-electron chi connectivity index (χ2n) is 5.32. The van der Waals surface area contributed by atoms with Crippen LogP contribution < -0.4 is 5.73 Å². The van der Waals surface area contributed by atoms with E-state index in [1.54, 1.807) is 12.1 Å². The van der Waals surface area contributed by atoms with Gasteiger partial charge in [-0.05, 0) is 43.4 Å². The number of piperidine rings is 1. The van der Waals surface area contributed by atoms with Crippen LogP contribution in [-0.4, -0.2) is 17.5 Å². The second-order valence-corrected chi connectivity index (χ2v) is 5.32. The van der Waals surface area contributed by atoms with Crippen molar-refractivity contribution in [1.29, 1.82) is 0 Å². The van der Waals surface area contributed by atoms with Crippen molar-refractivity contribution in [1.82, 2.24) is 4.90 Å². The molecule has 2 atom stereocenters. The van der Waals surface area contributed by atoms with E-state index in [9.17, 15) is 4.39 Å². The molecule has 2 nitrogen and oxygen atoms in total. The summed E-state index contributed by atoms with van der Waals surface area (Å²) in [7, 11) is 0. The Labute approximate surface area is 103 Å². The lowest BCUT2D eigenvalue weighted by Gasteiger charge is -2.36. The fraction of sp³-hybridized carbons (Fsp3) is 0.571. The Balaban J connectivity index is 2.06. The monoisotopic (exact) mass is 236 g/mol. The zero-order valence-electron chi connectivity index (χ0n) is 10.6. The molecule has 17 heavy (non-hydrogen) atoms. The van der Waals surface area contributed by atoms with Crippen LogP contribution in [0, 0.1) is 11.7 Å². The van der Waals surface area contributed by atoms with Gasteiger partial charge in [0, 0.05) is 19.1 Å². The normalized spacial score (nSPS) is 26.1. The highest BCUT2D eigenvalue weighted by Crippen LogP contribution is 2.23. The van der Waals surface area contributed by atoms with Crippen LogP contribution in [0.25, 0.3) is 0 Å². The Bertz CT molecular complexity index is 392. The van der Waals surface area contributed by atoms with Gasteiger partial charge in [0.05, 0.1) is 5.69 Å². The van der Waals surface area contributed by atoms with Crippen LogP contribution in [0.5, 0.6) is 0 Å². The summed E-state index contributed by atoms with van der Waals surface area (Å²) in [6.07, 6.45) is 2.53. The molecule has 0 aromatic heterocycles. The van der Waals surface area contributed by atoms with E-state index in [1.807, 2.05) is 6.07 Å². The summed E-state index contributed by atoms with van der Waals surface area (Å²) in [6.45, 7) is 6.46. The van der Waals surface area contributed by atoms with Gasteiger partial charge in [-0.25, -0.2) is 4.39 Å². The minimum absolute atomic E-state index is 0.230. The van der Waals surface area contributed by atoms with Crippen LogP contribution in [0.15, 0.2) is 18.2 Å². The van der Waals surface area contributed by atoms with Gasteiger partial charge in [-0.1, -0.05) is 13.0 Å². The molecule has 1 fully saturated rings. The summed E-state index contributed by atoms with van der Waals surface area (Å²) in [5.74, 6) is 0.435. The largest absolute Gasteiger partial charge is 0.396 e. The molecule has 0 radical (unpaired) electrons. The average molecular weight is 236 g/mol. The Morgan fingerprint density at radius 2 is 2.12 bits per heavy atom. The summed E-state index contributed by atoms with van der Waals surface area (Å²) in [5.41, 5.74) is 6.72. The van der Waals surface area contributed by atoms with Crippen LogP contribution >= 0.6 is 0 Å². The highest BCUT2D eigenvalue weighted by atomic mass is 19.1. The fourth-order valence-corrected chi connectivity index (χ4v) is 2.50. The summed E-state index contributed by atoms with van der Waals surface area (Å²) < 4.78 is 13.4. The molecule has 0 amide bonds. The maximum Gasteiger partial charge on any atom is 0.146 e. The molecule has 3 heteroatoms. The van der Waals surface area contributed by atoms with Gasteiger partial charge in [0.15, 0.2) is 0 Å². The van der Waals surface area contributed by atoms with E-state index in [-0.39, 0.29) is 11.5 Å². The van der Waals surface area contributed by atoms with Gasteiger partial charge in [-0.15, -0.1) is 0 Å². The fourth-order valence-electron chi connectivity index (χ4n) is 2.50. The average Bonchev–Trinajstić information content (AvgIpc) is 2.29. The van der Waals surface area contributed by atoms with Crippen molar-refractivity contribution in [2.24, 2.45) is 5.92 Å². The lowest BCUT2D eigenvalue weighted by atomic mass is 9.94. The number of hydrogen-bond donors (Lipinski definition) is 1. The molecule has 0 spiro atoms. The van der Waals surface area contributed by atoms with Gasteiger partial charge in [0.25, 0.3) is 0 Å². The first-order valence-electron chi connectivity index (χ1n) is 6.34. The van der Waals surface area contributed by atoms with Crippen molar-refractivity contribution in [3.63, 3.8) is 0 Å². The van der Waals surface area contributed by atoms with E-state index in [2.05, 4.69) is 18.7 Å². The zero-order chi connectivity index (χ0) is 12.4. The molecule has 1 heterocycles. The topological polar surface area (TPSA) is 29.3 Å². The molecule has 2 unspecified atom stereocenters. The van der Waals surface area contributed by atoms with Crippen molar-refractivity contribution in [2.45, 2.75) is 39.3 Å².